The fourth-order valence-electron chi connectivity index (χ4n) is 4.43. The van der Waals surface area contributed by atoms with Gasteiger partial charge in [0.05, 0.1) is 17.7 Å². The van der Waals surface area contributed by atoms with Crippen molar-refractivity contribution < 1.29 is 23.8 Å². The standard InChI is InChI=1S/C28H23FN2O4/c1-16(2)35-20-13-7-17(8-14-20)26(32)24-25(22-15-30-23-6-4-3-5-21(22)23)31(28(34)27(24)33)19-11-9-18(29)10-12-19/h3-16,25,30,32H,1-2H3/b26-24+. The molecule has 1 amide bonds. The molecule has 3 aromatic carbocycles. The third-order valence-corrected chi connectivity index (χ3v) is 5.96. The zero-order valence-corrected chi connectivity index (χ0v) is 19.2. The van der Waals surface area contributed by atoms with Gasteiger partial charge in [-0.05, 0) is 68.4 Å². The van der Waals surface area contributed by atoms with E-state index in [4.69, 9.17) is 4.74 Å². The Hall–Kier alpha value is -4.39. The monoisotopic (exact) mass is 470 g/mol. The number of ether oxygens (including phenoxy) is 1. The van der Waals surface area contributed by atoms with Gasteiger partial charge < -0.3 is 14.8 Å². The van der Waals surface area contributed by atoms with E-state index in [0.717, 1.165) is 10.9 Å². The van der Waals surface area contributed by atoms with Crippen molar-refractivity contribution in [3.8, 4) is 5.75 Å². The second-order valence-corrected chi connectivity index (χ2v) is 8.63. The van der Waals surface area contributed by atoms with Crippen molar-refractivity contribution in [2.45, 2.75) is 26.0 Å². The molecule has 7 heteroatoms. The summed E-state index contributed by atoms with van der Waals surface area (Å²) >= 11 is 0. The Balaban J connectivity index is 1.69. The Bertz CT molecular complexity index is 1450. The molecule has 176 valence electrons. The van der Waals surface area contributed by atoms with Gasteiger partial charge in [0.25, 0.3) is 11.7 Å². The number of nitrogens with one attached hydrogen (secondary N) is 1. The van der Waals surface area contributed by atoms with Crippen LogP contribution in [-0.4, -0.2) is 27.9 Å². The van der Waals surface area contributed by atoms with Gasteiger partial charge in [0.2, 0.25) is 0 Å². The van der Waals surface area contributed by atoms with E-state index in [0.29, 0.717) is 22.6 Å². The minimum absolute atomic E-state index is 0.0163. The van der Waals surface area contributed by atoms with Crippen LogP contribution in [0, 0.1) is 5.82 Å². The highest BCUT2D eigenvalue weighted by molar-refractivity contribution is 6.51. The first-order chi connectivity index (χ1) is 16.8. The van der Waals surface area contributed by atoms with E-state index < -0.39 is 23.5 Å². The van der Waals surface area contributed by atoms with Crippen molar-refractivity contribution in [2.75, 3.05) is 4.90 Å². The van der Waals surface area contributed by atoms with E-state index in [1.165, 1.54) is 29.2 Å². The number of aromatic amines is 1. The smallest absolute Gasteiger partial charge is 0.300 e. The van der Waals surface area contributed by atoms with E-state index >= 15 is 0 Å². The predicted molar refractivity (Wildman–Crippen MR) is 132 cm³/mol. The van der Waals surface area contributed by atoms with E-state index in [9.17, 15) is 19.1 Å². The number of amides is 1. The summed E-state index contributed by atoms with van der Waals surface area (Å²) in [6, 6.07) is 18.6. The Labute approximate surface area is 201 Å². The third-order valence-electron chi connectivity index (χ3n) is 5.96. The molecule has 2 N–H and O–H groups in total. The number of H-pyrrole nitrogens is 1. The fraction of sp³-hybridized carbons (Fsp3) is 0.143. The lowest BCUT2D eigenvalue weighted by molar-refractivity contribution is -0.132. The molecule has 1 atom stereocenters. The first-order valence-corrected chi connectivity index (χ1v) is 11.2. The van der Waals surface area contributed by atoms with Crippen molar-refractivity contribution in [1.82, 2.24) is 4.98 Å². The van der Waals surface area contributed by atoms with Gasteiger partial charge in [-0.25, -0.2) is 4.39 Å². The summed E-state index contributed by atoms with van der Waals surface area (Å²) in [7, 11) is 0. The number of Topliss-reactive ketones (excluding diaryl/α,β-unsaturated/α-hetero) is 1. The quantitative estimate of drug-likeness (QED) is 0.222. The molecule has 0 saturated carbocycles. The van der Waals surface area contributed by atoms with Gasteiger partial charge in [-0.15, -0.1) is 0 Å². The lowest BCUT2D eigenvalue weighted by Crippen LogP contribution is -2.29. The molecule has 6 nitrogen and oxygen atoms in total. The number of carbonyl (C=O) groups is 2. The molecule has 1 aliphatic rings. The number of hydrogen-bond donors (Lipinski definition) is 2. The van der Waals surface area contributed by atoms with Crippen LogP contribution in [-0.2, 0) is 9.59 Å². The van der Waals surface area contributed by atoms with Gasteiger partial charge in [-0.1, -0.05) is 18.2 Å². The number of nitrogens with zero attached hydrogens (tertiary/aromatic N) is 1. The van der Waals surface area contributed by atoms with Gasteiger partial charge in [0.15, 0.2) is 0 Å². The summed E-state index contributed by atoms with van der Waals surface area (Å²) in [6.45, 7) is 3.82. The Morgan fingerprint density at radius 2 is 1.69 bits per heavy atom. The maximum Gasteiger partial charge on any atom is 0.300 e. The summed E-state index contributed by atoms with van der Waals surface area (Å²) < 4.78 is 19.3. The molecule has 0 spiro atoms. The number of carbonyl (C=O) groups excluding carboxylic acids is 2. The molecule has 1 fully saturated rings. The zero-order chi connectivity index (χ0) is 24.7. The summed E-state index contributed by atoms with van der Waals surface area (Å²) in [4.78, 5) is 31.0. The number of ketones is 1. The van der Waals surface area contributed by atoms with Gasteiger partial charge in [-0.3, -0.25) is 14.5 Å². The number of anilines is 1. The SMILES string of the molecule is CC(C)Oc1ccc(/C(O)=C2\C(=O)C(=O)N(c3ccc(F)cc3)C2c2c[nH]c3ccccc23)cc1. The second-order valence-electron chi connectivity index (χ2n) is 8.63. The fourth-order valence-corrected chi connectivity index (χ4v) is 4.43. The van der Waals surface area contributed by atoms with E-state index in [1.807, 2.05) is 38.1 Å². The number of halogens is 1. The Morgan fingerprint density at radius 3 is 2.37 bits per heavy atom. The van der Waals surface area contributed by atoms with E-state index in [-0.39, 0.29) is 17.4 Å². The average Bonchev–Trinajstić information content (AvgIpc) is 3.38. The summed E-state index contributed by atoms with van der Waals surface area (Å²) in [5.74, 6) is -1.74. The number of aliphatic hydroxyl groups is 1. The topological polar surface area (TPSA) is 82.6 Å². The number of hydrogen-bond acceptors (Lipinski definition) is 4. The largest absolute Gasteiger partial charge is 0.507 e. The Morgan fingerprint density at radius 1 is 1.00 bits per heavy atom. The number of para-hydroxylation sites is 1. The van der Waals surface area contributed by atoms with Gasteiger partial charge in [0, 0.05) is 33.9 Å². The predicted octanol–water partition coefficient (Wildman–Crippen LogP) is 5.72. The molecule has 4 aromatic rings. The number of rotatable bonds is 5. The summed E-state index contributed by atoms with van der Waals surface area (Å²) in [6.07, 6.45) is 1.71. The highest BCUT2D eigenvalue weighted by atomic mass is 19.1. The van der Waals surface area contributed by atoms with Crippen molar-refractivity contribution in [3.05, 3.63) is 102 Å². The van der Waals surface area contributed by atoms with Crippen molar-refractivity contribution in [1.29, 1.82) is 0 Å². The number of aliphatic hydroxyl groups excluding tert-OH is 1. The first-order valence-electron chi connectivity index (χ1n) is 11.2. The lowest BCUT2D eigenvalue weighted by atomic mass is 9.94. The second kappa shape index (κ2) is 8.76. The minimum atomic E-state index is -0.914. The highest BCUT2D eigenvalue weighted by Crippen LogP contribution is 2.44. The Kier molecular flexibility index (Phi) is 5.61. The van der Waals surface area contributed by atoms with Crippen LogP contribution in [0.25, 0.3) is 16.7 Å². The molecule has 35 heavy (non-hydrogen) atoms. The number of aromatic nitrogens is 1. The van der Waals surface area contributed by atoms with Crippen LogP contribution in [0.2, 0.25) is 0 Å². The molecular weight excluding hydrogens is 447 g/mol. The molecule has 0 radical (unpaired) electrons. The minimum Gasteiger partial charge on any atom is -0.507 e. The number of benzene rings is 3. The van der Waals surface area contributed by atoms with Crippen LogP contribution in [0.15, 0.2) is 84.6 Å². The van der Waals surface area contributed by atoms with Gasteiger partial charge in [-0.2, -0.15) is 0 Å². The zero-order valence-electron chi connectivity index (χ0n) is 19.2. The average molecular weight is 471 g/mol. The van der Waals surface area contributed by atoms with Crippen molar-refractivity contribution in [2.24, 2.45) is 0 Å². The summed E-state index contributed by atoms with van der Waals surface area (Å²) in [5, 5.41) is 12.1. The van der Waals surface area contributed by atoms with Crippen LogP contribution >= 0.6 is 0 Å². The van der Waals surface area contributed by atoms with Crippen molar-refractivity contribution >= 4 is 34.0 Å². The molecule has 1 aliphatic heterocycles. The summed E-state index contributed by atoms with van der Waals surface area (Å²) in [5.41, 5.74) is 2.15. The maximum absolute atomic E-state index is 13.6. The molecular formula is C28H23FN2O4. The molecule has 0 bridgehead atoms. The lowest BCUT2D eigenvalue weighted by Gasteiger charge is -2.25. The molecule has 2 heterocycles. The molecule has 1 aromatic heterocycles. The molecule has 5 rings (SSSR count). The van der Waals surface area contributed by atoms with Crippen LogP contribution in [0.4, 0.5) is 10.1 Å². The molecule has 1 saturated heterocycles. The highest BCUT2D eigenvalue weighted by Gasteiger charge is 2.47. The van der Waals surface area contributed by atoms with Crippen LogP contribution in [0.3, 0.4) is 0 Å². The van der Waals surface area contributed by atoms with E-state index in [2.05, 4.69) is 4.98 Å². The molecule has 0 aliphatic carbocycles. The van der Waals surface area contributed by atoms with Crippen molar-refractivity contribution in [3.63, 3.8) is 0 Å². The van der Waals surface area contributed by atoms with Crippen LogP contribution < -0.4 is 9.64 Å². The first kappa shape index (κ1) is 22.4. The van der Waals surface area contributed by atoms with Gasteiger partial charge in [0.1, 0.15) is 17.3 Å². The van der Waals surface area contributed by atoms with Gasteiger partial charge >= 0.3 is 0 Å². The normalized spacial score (nSPS) is 17.5. The number of fused-ring (bicyclic) bond motifs is 1. The molecule has 1 unspecified atom stereocenters. The third kappa shape index (κ3) is 3.95. The maximum atomic E-state index is 13.6. The van der Waals surface area contributed by atoms with E-state index in [1.54, 1.807) is 30.5 Å². The van der Waals surface area contributed by atoms with Crippen LogP contribution in [0.5, 0.6) is 5.75 Å². The van der Waals surface area contributed by atoms with Crippen LogP contribution in [0.1, 0.15) is 31.0 Å².